The maximum absolute atomic E-state index is 12.3. The van der Waals surface area contributed by atoms with E-state index >= 15 is 0 Å². The number of aromatic nitrogens is 1. The molecule has 0 radical (unpaired) electrons. The van der Waals surface area contributed by atoms with Crippen LogP contribution in [0.3, 0.4) is 0 Å². The topological polar surface area (TPSA) is 58.4 Å². The number of aryl methyl sites for hydroxylation is 1. The van der Waals surface area contributed by atoms with Crippen LogP contribution in [0.2, 0.25) is 5.02 Å². The molecule has 1 saturated heterocycles. The van der Waals surface area contributed by atoms with Crippen LogP contribution >= 0.6 is 11.6 Å². The first-order valence-corrected chi connectivity index (χ1v) is 7.75. The molecule has 0 spiro atoms. The molecule has 1 fully saturated rings. The largest absolute Gasteiger partial charge is 0.381 e. The maximum atomic E-state index is 12.3. The number of piperidine rings is 1. The highest BCUT2D eigenvalue weighted by molar-refractivity contribution is 6.33. The van der Waals surface area contributed by atoms with Crippen LogP contribution in [-0.2, 0) is 0 Å². The van der Waals surface area contributed by atoms with Crippen molar-refractivity contribution in [1.29, 1.82) is 0 Å². The number of carbonyl (C=O) groups is 1. The van der Waals surface area contributed by atoms with Gasteiger partial charge in [-0.3, -0.25) is 4.79 Å². The Morgan fingerprint density at radius 2 is 2.09 bits per heavy atom. The molecule has 2 aromatic rings. The Kier molecular flexibility index (Phi) is 4.34. The molecule has 1 N–H and O–H groups in total. The van der Waals surface area contributed by atoms with Gasteiger partial charge in [-0.15, -0.1) is 0 Å². The van der Waals surface area contributed by atoms with Gasteiger partial charge in [0, 0.05) is 25.2 Å². The summed E-state index contributed by atoms with van der Waals surface area (Å²) in [6, 6.07) is 9.70. The van der Waals surface area contributed by atoms with Gasteiger partial charge in [0.05, 0.1) is 16.4 Å². The van der Waals surface area contributed by atoms with E-state index in [4.69, 9.17) is 16.1 Å². The summed E-state index contributed by atoms with van der Waals surface area (Å²) in [5, 5.41) is 7.93. The SMILES string of the molecule is Cc1cc(C(=O)N2CCC(Nc3ccccc3Cl)CC2)on1. The van der Waals surface area contributed by atoms with Gasteiger partial charge in [-0.25, -0.2) is 0 Å². The number of hydrogen-bond donors (Lipinski definition) is 1. The van der Waals surface area contributed by atoms with Crippen LogP contribution in [0.5, 0.6) is 0 Å². The van der Waals surface area contributed by atoms with E-state index in [0.717, 1.165) is 29.2 Å². The third-order valence-electron chi connectivity index (χ3n) is 3.85. The van der Waals surface area contributed by atoms with Gasteiger partial charge in [0.1, 0.15) is 0 Å². The molecule has 1 aromatic heterocycles. The lowest BCUT2D eigenvalue weighted by molar-refractivity contribution is 0.0676. The third kappa shape index (κ3) is 3.25. The van der Waals surface area contributed by atoms with Gasteiger partial charge in [0.25, 0.3) is 5.91 Å². The second-order valence-corrected chi connectivity index (χ2v) is 5.93. The minimum Gasteiger partial charge on any atom is -0.381 e. The highest BCUT2D eigenvalue weighted by Gasteiger charge is 2.26. The summed E-state index contributed by atoms with van der Waals surface area (Å²) in [4.78, 5) is 14.1. The van der Waals surface area contributed by atoms with Crippen LogP contribution in [0.15, 0.2) is 34.9 Å². The zero-order valence-electron chi connectivity index (χ0n) is 12.4. The zero-order valence-corrected chi connectivity index (χ0v) is 13.1. The molecular formula is C16H18ClN3O2. The first-order valence-electron chi connectivity index (χ1n) is 7.37. The highest BCUT2D eigenvalue weighted by Crippen LogP contribution is 2.24. The van der Waals surface area contributed by atoms with E-state index in [0.29, 0.717) is 24.9 Å². The molecule has 0 bridgehead atoms. The van der Waals surface area contributed by atoms with Crippen molar-refractivity contribution in [2.75, 3.05) is 18.4 Å². The molecule has 3 rings (SSSR count). The number of halogens is 1. The highest BCUT2D eigenvalue weighted by atomic mass is 35.5. The number of hydrogen-bond acceptors (Lipinski definition) is 4. The van der Waals surface area contributed by atoms with Crippen molar-refractivity contribution in [3.63, 3.8) is 0 Å². The smallest absolute Gasteiger partial charge is 0.292 e. The zero-order chi connectivity index (χ0) is 15.5. The van der Waals surface area contributed by atoms with E-state index in [2.05, 4.69) is 10.5 Å². The number of nitrogens with one attached hydrogen (secondary N) is 1. The van der Waals surface area contributed by atoms with Crippen molar-refractivity contribution >= 4 is 23.2 Å². The fraction of sp³-hybridized carbons (Fsp3) is 0.375. The van der Waals surface area contributed by atoms with E-state index in [1.165, 1.54) is 0 Å². The van der Waals surface area contributed by atoms with Crippen molar-refractivity contribution in [1.82, 2.24) is 10.1 Å². The molecule has 0 unspecified atom stereocenters. The molecule has 1 aliphatic rings. The molecule has 1 aromatic carbocycles. The molecule has 0 aliphatic carbocycles. The van der Waals surface area contributed by atoms with Crippen LogP contribution in [0.4, 0.5) is 5.69 Å². The first-order chi connectivity index (χ1) is 10.6. The minimum atomic E-state index is -0.0863. The van der Waals surface area contributed by atoms with Gasteiger partial charge in [-0.05, 0) is 31.9 Å². The van der Waals surface area contributed by atoms with Crippen molar-refractivity contribution in [3.8, 4) is 0 Å². The fourth-order valence-corrected chi connectivity index (χ4v) is 2.84. The van der Waals surface area contributed by atoms with Crippen LogP contribution in [0.1, 0.15) is 29.1 Å². The summed E-state index contributed by atoms with van der Waals surface area (Å²) in [7, 11) is 0. The summed E-state index contributed by atoms with van der Waals surface area (Å²) >= 11 is 6.16. The summed E-state index contributed by atoms with van der Waals surface area (Å²) < 4.78 is 5.04. The number of likely N-dealkylation sites (tertiary alicyclic amines) is 1. The number of nitrogens with zero attached hydrogens (tertiary/aromatic N) is 2. The van der Waals surface area contributed by atoms with Gasteiger partial charge >= 0.3 is 0 Å². The lowest BCUT2D eigenvalue weighted by Crippen LogP contribution is -2.42. The summed E-state index contributed by atoms with van der Waals surface area (Å²) in [5.41, 5.74) is 1.67. The second-order valence-electron chi connectivity index (χ2n) is 5.52. The predicted molar refractivity (Wildman–Crippen MR) is 85.2 cm³/mol. The number of amides is 1. The van der Waals surface area contributed by atoms with Crippen molar-refractivity contribution in [2.45, 2.75) is 25.8 Å². The molecule has 2 heterocycles. The monoisotopic (exact) mass is 319 g/mol. The molecule has 0 saturated carbocycles. The van der Waals surface area contributed by atoms with E-state index in [1.807, 2.05) is 29.2 Å². The van der Waals surface area contributed by atoms with Crippen LogP contribution < -0.4 is 5.32 Å². The van der Waals surface area contributed by atoms with Crippen LogP contribution in [0.25, 0.3) is 0 Å². The number of para-hydroxylation sites is 1. The number of carbonyl (C=O) groups excluding carboxylic acids is 1. The predicted octanol–water partition coefficient (Wildman–Crippen LogP) is 3.35. The Morgan fingerprint density at radius 3 is 2.73 bits per heavy atom. The van der Waals surface area contributed by atoms with Crippen molar-refractivity contribution in [3.05, 3.63) is 46.8 Å². The molecule has 5 nitrogen and oxygen atoms in total. The van der Waals surface area contributed by atoms with Crippen molar-refractivity contribution < 1.29 is 9.32 Å². The Hall–Kier alpha value is -2.01. The summed E-state index contributed by atoms with van der Waals surface area (Å²) in [6.45, 7) is 3.20. The second kappa shape index (κ2) is 6.40. The standard InChI is InChI=1S/C16H18ClN3O2/c1-11-10-15(22-19-11)16(21)20-8-6-12(7-9-20)18-14-5-3-2-4-13(14)17/h2-5,10,12,18H,6-9H2,1H3. The third-order valence-corrected chi connectivity index (χ3v) is 4.18. The molecule has 22 heavy (non-hydrogen) atoms. The van der Waals surface area contributed by atoms with Gasteiger partial charge in [-0.1, -0.05) is 28.9 Å². The van der Waals surface area contributed by atoms with Crippen LogP contribution in [0, 0.1) is 6.92 Å². The number of benzene rings is 1. The molecule has 0 atom stereocenters. The maximum Gasteiger partial charge on any atom is 0.292 e. The molecule has 1 aliphatic heterocycles. The van der Waals surface area contributed by atoms with Gasteiger partial charge in [0.2, 0.25) is 5.76 Å². The Balaban J connectivity index is 1.56. The summed E-state index contributed by atoms with van der Waals surface area (Å²) in [6.07, 6.45) is 1.76. The molecule has 6 heteroatoms. The Bertz CT molecular complexity index is 663. The molecule has 1 amide bonds. The van der Waals surface area contributed by atoms with E-state index < -0.39 is 0 Å². The van der Waals surface area contributed by atoms with E-state index in [-0.39, 0.29) is 5.91 Å². The average Bonchev–Trinajstić information content (AvgIpc) is 2.96. The quantitative estimate of drug-likeness (QED) is 0.942. The van der Waals surface area contributed by atoms with E-state index in [9.17, 15) is 4.79 Å². The molecule has 116 valence electrons. The van der Waals surface area contributed by atoms with Crippen LogP contribution in [-0.4, -0.2) is 35.1 Å². The summed E-state index contributed by atoms with van der Waals surface area (Å²) in [5.74, 6) is 0.229. The number of rotatable bonds is 3. The van der Waals surface area contributed by atoms with Gasteiger partial charge in [-0.2, -0.15) is 0 Å². The van der Waals surface area contributed by atoms with Gasteiger partial charge in [0.15, 0.2) is 0 Å². The Morgan fingerprint density at radius 1 is 1.36 bits per heavy atom. The number of anilines is 1. The first kappa shape index (κ1) is 14.9. The van der Waals surface area contributed by atoms with Crippen molar-refractivity contribution in [2.24, 2.45) is 0 Å². The Labute approximate surface area is 134 Å². The lowest BCUT2D eigenvalue weighted by Gasteiger charge is -2.32. The van der Waals surface area contributed by atoms with E-state index in [1.54, 1.807) is 13.0 Å². The molecular weight excluding hydrogens is 302 g/mol. The van der Waals surface area contributed by atoms with Gasteiger partial charge < -0.3 is 14.7 Å². The minimum absolute atomic E-state index is 0.0863. The fourth-order valence-electron chi connectivity index (χ4n) is 2.65. The lowest BCUT2D eigenvalue weighted by atomic mass is 10.0. The average molecular weight is 320 g/mol. The normalized spacial score (nSPS) is 15.8.